The minimum Gasteiger partial charge on any atom is -0.238 e. The highest BCUT2D eigenvalue weighted by molar-refractivity contribution is 5.82. The summed E-state index contributed by atoms with van der Waals surface area (Å²) in [5, 5.41) is 9.96. The molecule has 9 heavy (non-hydrogen) atoms. The maximum Gasteiger partial charge on any atom is 0.423 e. The van der Waals surface area contributed by atoms with Gasteiger partial charge in [-0.1, -0.05) is 0 Å². The Kier molecular flexibility index (Phi) is 1.40. The van der Waals surface area contributed by atoms with Crippen molar-refractivity contribution in [1.82, 2.24) is 9.97 Å². The van der Waals surface area contributed by atoms with E-state index in [0.29, 0.717) is 0 Å². The topological polar surface area (TPSA) is 62.8 Å². The predicted molar refractivity (Wildman–Crippen MR) is 27.0 cm³/mol. The molecule has 0 fully saturated rings. The lowest BCUT2D eigenvalue weighted by Crippen LogP contribution is -1.99. The van der Waals surface area contributed by atoms with E-state index in [1.807, 2.05) is 0 Å². The fraction of sp³-hybridized carbons (Fsp3) is 0. The molecule has 4 nitrogen and oxygen atoms in total. The lowest BCUT2D eigenvalue weighted by Gasteiger charge is -1.83. The van der Waals surface area contributed by atoms with E-state index in [1.165, 1.54) is 18.5 Å². The average Bonchev–Trinajstić information content (AvgIpc) is 1.90. The van der Waals surface area contributed by atoms with Crippen LogP contribution in [-0.4, -0.2) is 15.9 Å². The van der Waals surface area contributed by atoms with Crippen molar-refractivity contribution in [3.8, 4) is 0 Å². The van der Waals surface area contributed by atoms with E-state index in [-0.39, 0.29) is 5.82 Å². The van der Waals surface area contributed by atoms with Crippen molar-refractivity contribution in [2.75, 3.05) is 0 Å². The molecule has 0 aliphatic heterocycles. The van der Waals surface area contributed by atoms with Crippen molar-refractivity contribution in [2.24, 2.45) is 0 Å². The zero-order valence-corrected chi connectivity index (χ0v) is 4.44. The Balaban J connectivity index is 2.98. The van der Waals surface area contributed by atoms with E-state index in [9.17, 15) is 9.90 Å². The lowest BCUT2D eigenvalue weighted by molar-refractivity contribution is 0.0558. The monoisotopic (exact) mass is 123 g/mol. The van der Waals surface area contributed by atoms with E-state index in [0.717, 1.165) is 0 Å². The fourth-order valence-electron chi connectivity index (χ4n) is 0.405. The number of rotatable bonds is 1. The highest BCUT2D eigenvalue weighted by atomic mass is 16.4. The highest BCUT2D eigenvalue weighted by Gasteiger charge is 2.04. The van der Waals surface area contributed by atoms with Crippen LogP contribution in [0.5, 0.6) is 0 Å². The van der Waals surface area contributed by atoms with Gasteiger partial charge in [-0.15, -0.1) is 0 Å². The molecule has 0 amide bonds. The first-order valence-corrected chi connectivity index (χ1v) is 2.29. The van der Waals surface area contributed by atoms with Crippen LogP contribution >= 0.6 is 0 Å². The molecule has 1 rings (SSSR count). The Morgan fingerprint density at radius 3 is 2.22 bits per heavy atom. The molecule has 0 saturated heterocycles. The number of hydrogen-bond donors (Lipinski definition) is 0. The summed E-state index contributed by atoms with van der Waals surface area (Å²) in [6.45, 7) is 0. The summed E-state index contributed by atoms with van der Waals surface area (Å²) in [6.07, 6.45) is 2.69. The molecule has 45 valence electrons. The van der Waals surface area contributed by atoms with Gasteiger partial charge in [-0.3, -0.25) is 0 Å². The van der Waals surface area contributed by atoms with Gasteiger partial charge in [0.25, 0.3) is 0 Å². The van der Waals surface area contributed by atoms with Crippen molar-refractivity contribution < 1.29 is 9.90 Å². The smallest absolute Gasteiger partial charge is 0.238 e. The first-order valence-electron chi connectivity index (χ1n) is 2.29. The molecule has 1 aromatic rings. The van der Waals surface area contributed by atoms with Gasteiger partial charge >= 0.3 is 5.97 Å². The van der Waals surface area contributed by atoms with Crippen LogP contribution in [0.15, 0.2) is 18.5 Å². The van der Waals surface area contributed by atoms with E-state index in [2.05, 4.69) is 9.97 Å². The van der Waals surface area contributed by atoms with Gasteiger partial charge in [-0.05, 0) is 6.07 Å². The molecule has 0 N–H and O–H groups in total. The van der Waals surface area contributed by atoms with E-state index >= 15 is 0 Å². The van der Waals surface area contributed by atoms with Gasteiger partial charge < -0.3 is 0 Å². The second-order valence-electron chi connectivity index (χ2n) is 1.36. The van der Waals surface area contributed by atoms with Crippen molar-refractivity contribution in [2.45, 2.75) is 0 Å². The van der Waals surface area contributed by atoms with Gasteiger partial charge in [0.1, 0.15) is 0 Å². The Morgan fingerprint density at radius 1 is 1.33 bits per heavy atom. The lowest BCUT2D eigenvalue weighted by atomic mass is 10.6. The first-order chi connectivity index (χ1) is 4.30. The quantitative estimate of drug-likeness (QED) is 0.529. The normalized spacial score (nSPS) is 8.89. The van der Waals surface area contributed by atoms with Crippen LogP contribution in [0.3, 0.4) is 0 Å². The fourth-order valence-corrected chi connectivity index (χ4v) is 0.405. The summed E-state index contributed by atoms with van der Waals surface area (Å²) in [4.78, 5) is 16.8. The molecule has 0 bridgehead atoms. The Labute approximate surface area is 51.2 Å². The summed E-state index contributed by atoms with van der Waals surface area (Å²) < 4.78 is 0. The van der Waals surface area contributed by atoms with Crippen molar-refractivity contribution in [3.63, 3.8) is 0 Å². The van der Waals surface area contributed by atoms with Crippen molar-refractivity contribution >= 4 is 5.97 Å². The number of carbonyl (C=O) groups excluding carboxylic acids is 1. The van der Waals surface area contributed by atoms with Crippen molar-refractivity contribution in [1.29, 1.82) is 0 Å². The van der Waals surface area contributed by atoms with Crippen LogP contribution in [0.4, 0.5) is 0 Å². The van der Waals surface area contributed by atoms with Crippen molar-refractivity contribution in [3.05, 3.63) is 24.3 Å². The molecule has 0 aromatic carbocycles. The summed E-state index contributed by atoms with van der Waals surface area (Å²) >= 11 is 0. The molecule has 0 aliphatic carbocycles. The van der Waals surface area contributed by atoms with Gasteiger partial charge in [0.2, 0.25) is 5.82 Å². The van der Waals surface area contributed by atoms with Crippen LogP contribution < -0.4 is 0 Å². The van der Waals surface area contributed by atoms with Crippen LogP contribution in [0, 0.1) is 0 Å². The number of nitrogens with zero attached hydrogens (tertiary/aromatic N) is 2. The highest BCUT2D eigenvalue weighted by Crippen LogP contribution is 1.84. The largest absolute Gasteiger partial charge is 0.423 e. The molecule has 0 spiro atoms. The molecule has 1 heterocycles. The average molecular weight is 123 g/mol. The van der Waals surface area contributed by atoms with E-state index in [4.69, 9.17) is 0 Å². The maximum absolute atomic E-state index is 9.96. The van der Waals surface area contributed by atoms with Gasteiger partial charge in [-0.2, -0.15) is 0 Å². The van der Waals surface area contributed by atoms with Crippen LogP contribution in [0.2, 0.25) is 0 Å². The first kappa shape index (κ1) is 5.68. The Morgan fingerprint density at radius 2 is 1.89 bits per heavy atom. The van der Waals surface area contributed by atoms with Gasteiger partial charge in [0, 0.05) is 12.4 Å². The molecule has 1 aromatic heterocycles. The zero-order chi connectivity index (χ0) is 6.69. The molecule has 0 unspecified atom stereocenters. The molecular weight excluding hydrogens is 120 g/mol. The van der Waals surface area contributed by atoms with Gasteiger partial charge in [-0.25, -0.2) is 19.9 Å². The molecule has 0 aliphatic rings. The Bertz CT molecular complexity index is 209. The molecule has 0 atom stereocenters. The third kappa shape index (κ3) is 1.22. The Hall–Kier alpha value is -1.45. The maximum atomic E-state index is 9.96. The third-order valence-corrected chi connectivity index (χ3v) is 0.748. The molecule has 1 radical (unpaired) electrons. The van der Waals surface area contributed by atoms with E-state index < -0.39 is 5.97 Å². The van der Waals surface area contributed by atoms with Crippen LogP contribution in [0.25, 0.3) is 0 Å². The molecule has 0 saturated carbocycles. The van der Waals surface area contributed by atoms with Crippen LogP contribution in [-0.2, 0) is 5.11 Å². The van der Waals surface area contributed by atoms with E-state index in [1.54, 1.807) is 0 Å². The van der Waals surface area contributed by atoms with Gasteiger partial charge in [0.15, 0.2) is 0 Å². The van der Waals surface area contributed by atoms with Gasteiger partial charge in [0.05, 0.1) is 0 Å². The molecular formula is C5H3N2O2. The zero-order valence-electron chi connectivity index (χ0n) is 4.44. The summed E-state index contributed by atoms with van der Waals surface area (Å²) in [5.41, 5.74) is 0. The predicted octanol–water partition coefficient (Wildman–Crippen LogP) is 0.0473. The summed E-state index contributed by atoms with van der Waals surface area (Å²) in [6, 6.07) is 1.53. The number of aromatic nitrogens is 2. The SMILES string of the molecule is [O]C(=O)c1ncccn1. The third-order valence-electron chi connectivity index (χ3n) is 0.748. The summed E-state index contributed by atoms with van der Waals surface area (Å²) in [5.74, 6) is -1.63. The number of carbonyl (C=O) groups is 1. The second kappa shape index (κ2) is 2.21. The minimum atomic E-state index is -1.35. The van der Waals surface area contributed by atoms with Crippen LogP contribution in [0.1, 0.15) is 10.6 Å². The second-order valence-corrected chi connectivity index (χ2v) is 1.36. The summed E-state index contributed by atoms with van der Waals surface area (Å²) in [7, 11) is 0. The molecule has 4 heteroatoms. The standard InChI is InChI=1S/C5H3N2O2/c8-5(9)4-6-2-1-3-7-4/h1-3H. The number of hydrogen-bond acceptors (Lipinski definition) is 3. The minimum absolute atomic E-state index is 0.280.